The maximum atomic E-state index is 12.0. The summed E-state index contributed by atoms with van der Waals surface area (Å²) >= 11 is 0. The largest absolute Gasteiger partial charge is 0.401 e. The molecule has 0 spiro atoms. The van der Waals surface area contributed by atoms with Crippen molar-refractivity contribution in [1.29, 1.82) is 0 Å². The van der Waals surface area contributed by atoms with Crippen LogP contribution < -0.4 is 5.32 Å². The molecule has 1 rings (SSSR count). The van der Waals surface area contributed by atoms with Crippen LogP contribution in [0.25, 0.3) is 0 Å². The van der Waals surface area contributed by atoms with Crippen LogP contribution in [0.15, 0.2) is 0 Å². The van der Waals surface area contributed by atoms with E-state index in [2.05, 4.69) is 5.32 Å². The quantitative estimate of drug-likeness (QED) is 0.696. The highest BCUT2D eigenvalue weighted by Crippen LogP contribution is 2.20. The summed E-state index contributed by atoms with van der Waals surface area (Å²) < 4.78 is 36.1. The van der Waals surface area contributed by atoms with E-state index in [0.29, 0.717) is 19.0 Å². The molecule has 1 unspecified atom stereocenters. The topological polar surface area (TPSA) is 35.5 Å². The highest BCUT2D eigenvalue weighted by Gasteiger charge is 2.29. The number of alkyl halides is 3. The Morgan fingerprint density at radius 3 is 2.50 bits per heavy atom. The van der Waals surface area contributed by atoms with Crippen LogP contribution in [0.4, 0.5) is 13.2 Å². The van der Waals surface area contributed by atoms with Crippen LogP contribution in [0.5, 0.6) is 0 Å². The van der Waals surface area contributed by atoms with E-state index in [4.69, 9.17) is 5.11 Å². The lowest BCUT2D eigenvalue weighted by Gasteiger charge is -2.22. The lowest BCUT2D eigenvalue weighted by Crippen LogP contribution is -2.39. The molecule has 0 aliphatic heterocycles. The minimum atomic E-state index is -4.15. The van der Waals surface area contributed by atoms with Crippen molar-refractivity contribution in [3.63, 3.8) is 0 Å². The minimum absolute atomic E-state index is 0.0175. The Bertz CT molecular complexity index is 207. The van der Waals surface area contributed by atoms with Crippen LogP contribution in [0, 0.1) is 0 Å². The van der Waals surface area contributed by atoms with Crippen LogP contribution in [0.2, 0.25) is 0 Å². The summed E-state index contributed by atoms with van der Waals surface area (Å²) in [6, 6.07) is 0.383. The van der Waals surface area contributed by atoms with Crippen molar-refractivity contribution < 1.29 is 18.3 Å². The minimum Gasteiger partial charge on any atom is -0.395 e. The molecule has 0 saturated heterocycles. The van der Waals surface area contributed by atoms with Gasteiger partial charge in [-0.1, -0.05) is 0 Å². The molecule has 0 amide bonds. The normalized spacial score (nSPS) is 19.1. The first-order chi connectivity index (χ1) is 7.40. The lowest BCUT2D eigenvalue weighted by molar-refractivity contribution is -0.143. The van der Waals surface area contributed by atoms with Crippen molar-refractivity contribution in [3.05, 3.63) is 0 Å². The van der Waals surface area contributed by atoms with E-state index >= 15 is 0 Å². The monoisotopic (exact) mass is 240 g/mol. The molecule has 1 aliphatic carbocycles. The third kappa shape index (κ3) is 6.30. The number of halogens is 3. The molecule has 1 saturated carbocycles. The van der Waals surface area contributed by atoms with Crippen LogP contribution in [-0.4, -0.2) is 55.0 Å². The van der Waals surface area contributed by atoms with E-state index in [-0.39, 0.29) is 12.6 Å². The average Bonchev–Trinajstić information content (AvgIpc) is 2.92. The lowest BCUT2D eigenvalue weighted by atomic mass is 10.2. The molecule has 6 heteroatoms. The van der Waals surface area contributed by atoms with Gasteiger partial charge in [0.25, 0.3) is 0 Å². The molecule has 0 aromatic carbocycles. The maximum Gasteiger partial charge on any atom is 0.401 e. The fourth-order valence-corrected chi connectivity index (χ4v) is 1.57. The molecular formula is C10H19F3N2O. The van der Waals surface area contributed by atoms with E-state index < -0.39 is 12.7 Å². The maximum absolute atomic E-state index is 12.0. The number of nitrogens with one attached hydrogen (secondary N) is 1. The zero-order valence-corrected chi connectivity index (χ0v) is 9.43. The van der Waals surface area contributed by atoms with Gasteiger partial charge >= 0.3 is 6.18 Å². The summed E-state index contributed by atoms with van der Waals surface area (Å²) in [5.41, 5.74) is 0. The predicted molar refractivity (Wildman–Crippen MR) is 55.2 cm³/mol. The highest BCUT2D eigenvalue weighted by atomic mass is 19.4. The first-order valence-corrected chi connectivity index (χ1v) is 5.53. The van der Waals surface area contributed by atoms with Crippen molar-refractivity contribution >= 4 is 0 Å². The summed E-state index contributed by atoms with van der Waals surface area (Å²) in [4.78, 5) is 1.23. The molecule has 0 radical (unpaired) electrons. The molecule has 96 valence electrons. The molecule has 1 fully saturated rings. The van der Waals surface area contributed by atoms with Gasteiger partial charge in [-0.05, 0) is 32.9 Å². The molecule has 2 N–H and O–H groups in total. The smallest absolute Gasteiger partial charge is 0.395 e. The van der Waals surface area contributed by atoms with Gasteiger partial charge in [0.2, 0.25) is 0 Å². The van der Waals surface area contributed by atoms with Gasteiger partial charge in [-0.3, -0.25) is 4.90 Å². The number of hydrogen-bond donors (Lipinski definition) is 2. The summed E-state index contributed by atoms with van der Waals surface area (Å²) in [6.07, 6.45) is -1.39. The van der Waals surface area contributed by atoms with Crippen LogP contribution in [-0.2, 0) is 0 Å². The number of nitrogens with zero attached hydrogens (tertiary/aromatic N) is 1. The van der Waals surface area contributed by atoms with E-state index in [0.717, 1.165) is 12.8 Å². The van der Waals surface area contributed by atoms with Gasteiger partial charge < -0.3 is 10.4 Å². The van der Waals surface area contributed by atoms with Crippen LogP contribution in [0.1, 0.15) is 19.3 Å². The molecule has 3 nitrogen and oxygen atoms in total. The zero-order valence-electron chi connectivity index (χ0n) is 9.43. The summed E-state index contributed by atoms with van der Waals surface area (Å²) in [5, 5.41) is 12.2. The third-order valence-electron chi connectivity index (χ3n) is 2.58. The Morgan fingerprint density at radius 2 is 2.06 bits per heavy atom. The molecule has 0 aromatic rings. The van der Waals surface area contributed by atoms with Crippen molar-refractivity contribution in [2.24, 2.45) is 0 Å². The zero-order chi connectivity index (χ0) is 12.2. The third-order valence-corrected chi connectivity index (χ3v) is 2.58. The fourth-order valence-electron chi connectivity index (χ4n) is 1.57. The number of aliphatic hydroxyl groups excluding tert-OH is 1. The van der Waals surface area contributed by atoms with Crippen molar-refractivity contribution in [2.75, 3.05) is 26.7 Å². The van der Waals surface area contributed by atoms with Crippen molar-refractivity contribution in [3.8, 4) is 0 Å². The first kappa shape index (κ1) is 13.7. The Morgan fingerprint density at radius 1 is 1.44 bits per heavy atom. The Hall–Kier alpha value is -0.330. The molecule has 16 heavy (non-hydrogen) atoms. The predicted octanol–water partition coefficient (Wildman–Crippen LogP) is 0.983. The Labute approximate surface area is 93.6 Å². The van der Waals surface area contributed by atoms with E-state index in [1.807, 2.05) is 0 Å². The van der Waals surface area contributed by atoms with Crippen molar-refractivity contribution in [2.45, 2.75) is 37.5 Å². The number of aliphatic hydroxyl groups is 1. The average molecular weight is 240 g/mol. The second kappa shape index (κ2) is 5.84. The van der Waals surface area contributed by atoms with Gasteiger partial charge in [-0.15, -0.1) is 0 Å². The van der Waals surface area contributed by atoms with Crippen LogP contribution in [0.3, 0.4) is 0 Å². The second-order valence-corrected chi connectivity index (χ2v) is 4.46. The summed E-state index contributed by atoms with van der Waals surface area (Å²) in [6.45, 7) is -0.574. The SMILES string of the molecule is CN(CCC(CO)NC1CC1)CC(F)(F)F. The molecular weight excluding hydrogens is 221 g/mol. The van der Waals surface area contributed by atoms with Crippen LogP contribution >= 0.6 is 0 Å². The molecule has 1 aliphatic rings. The van der Waals surface area contributed by atoms with E-state index in [1.54, 1.807) is 0 Å². The standard InChI is InChI=1S/C10H19F3N2O/c1-15(7-10(11,12)13)5-4-9(6-16)14-8-2-3-8/h8-9,14,16H,2-7H2,1H3. The Kier molecular flexibility index (Phi) is 5.01. The fraction of sp³-hybridized carbons (Fsp3) is 1.00. The molecule has 0 aromatic heterocycles. The second-order valence-electron chi connectivity index (χ2n) is 4.46. The van der Waals surface area contributed by atoms with Gasteiger partial charge in [0.1, 0.15) is 0 Å². The molecule has 0 bridgehead atoms. The van der Waals surface area contributed by atoms with Gasteiger partial charge in [-0.2, -0.15) is 13.2 Å². The van der Waals surface area contributed by atoms with E-state index in [9.17, 15) is 13.2 Å². The summed E-state index contributed by atoms with van der Waals surface area (Å²) in [7, 11) is 1.44. The summed E-state index contributed by atoms with van der Waals surface area (Å²) in [5.74, 6) is 0. The highest BCUT2D eigenvalue weighted by molar-refractivity contribution is 4.84. The Balaban J connectivity index is 2.15. The molecule has 0 heterocycles. The van der Waals surface area contributed by atoms with Gasteiger partial charge in [0.15, 0.2) is 0 Å². The number of hydrogen-bond acceptors (Lipinski definition) is 3. The van der Waals surface area contributed by atoms with Gasteiger partial charge in [0, 0.05) is 12.1 Å². The van der Waals surface area contributed by atoms with Crippen molar-refractivity contribution in [1.82, 2.24) is 10.2 Å². The molecule has 1 atom stereocenters. The van der Waals surface area contributed by atoms with Gasteiger partial charge in [-0.25, -0.2) is 0 Å². The van der Waals surface area contributed by atoms with Gasteiger partial charge in [0.05, 0.1) is 13.2 Å². The number of rotatable bonds is 7. The first-order valence-electron chi connectivity index (χ1n) is 5.53. The van der Waals surface area contributed by atoms with E-state index in [1.165, 1.54) is 11.9 Å².